The van der Waals surface area contributed by atoms with Crippen LogP contribution in [-0.4, -0.2) is 24.9 Å². The number of aromatic nitrogens is 2. The van der Waals surface area contributed by atoms with Gasteiger partial charge < -0.3 is 4.98 Å². The lowest BCUT2D eigenvalue weighted by atomic mass is 10.3. The molecule has 16 heavy (non-hydrogen) atoms. The fourth-order valence-corrected chi connectivity index (χ4v) is 2.53. The van der Waals surface area contributed by atoms with Gasteiger partial charge in [0.15, 0.2) is 5.03 Å². The molecule has 6 heteroatoms. The van der Waals surface area contributed by atoms with Gasteiger partial charge in [-0.05, 0) is 12.3 Å². The zero-order chi connectivity index (χ0) is 11.6. The summed E-state index contributed by atoms with van der Waals surface area (Å²) in [6, 6.07) is 0. The Morgan fingerprint density at radius 1 is 1.56 bits per heavy atom. The highest BCUT2D eigenvalue weighted by molar-refractivity contribution is 7.89. The van der Waals surface area contributed by atoms with E-state index >= 15 is 0 Å². The molecule has 1 saturated carbocycles. The van der Waals surface area contributed by atoms with Crippen LogP contribution in [0.3, 0.4) is 0 Å². The Bertz CT molecular complexity index is 448. The van der Waals surface area contributed by atoms with E-state index in [1.54, 1.807) is 0 Å². The molecule has 0 atom stereocenters. The SMILES string of the molecule is CCc1ncc(S(=O)(=O)NCCC2CC2)[nH]1. The van der Waals surface area contributed by atoms with Crippen molar-refractivity contribution < 1.29 is 8.42 Å². The Hall–Kier alpha value is -0.880. The third-order valence-corrected chi connectivity index (χ3v) is 4.14. The second kappa shape index (κ2) is 4.55. The normalized spacial score (nSPS) is 16.6. The number of hydrogen-bond acceptors (Lipinski definition) is 3. The van der Waals surface area contributed by atoms with E-state index in [-0.39, 0.29) is 5.03 Å². The molecule has 0 amide bonds. The van der Waals surface area contributed by atoms with Crippen molar-refractivity contribution in [3.8, 4) is 0 Å². The molecule has 1 heterocycles. The van der Waals surface area contributed by atoms with Crippen LogP contribution in [0.15, 0.2) is 11.2 Å². The number of nitrogens with one attached hydrogen (secondary N) is 2. The van der Waals surface area contributed by atoms with Gasteiger partial charge in [0.1, 0.15) is 5.82 Å². The Morgan fingerprint density at radius 3 is 2.88 bits per heavy atom. The van der Waals surface area contributed by atoms with Gasteiger partial charge in [0.25, 0.3) is 10.0 Å². The summed E-state index contributed by atoms with van der Waals surface area (Å²) in [5.74, 6) is 1.43. The van der Waals surface area contributed by atoms with Crippen LogP contribution in [0.25, 0.3) is 0 Å². The van der Waals surface area contributed by atoms with Crippen LogP contribution in [0.1, 0.15) is 32.0 Å². The fourth-order valence-electron chi connectivity index (χ4n) is 1.54. The van der Waals surface area contributed by atoms with E-state index < -0.39 is 10.0 Å². The number of nitrogens with zero attached hydrogens (tertiary/aromatic N) is 1. The molecule has 2 rings (SSSR count). The Balaban J connectivity index is 1.94. The fraction of sp³-hybridized carbons (Fsp3) is 0.700. The highest BCUT2D eigenvalue weighted by Crippen LogP contribution is 2.31. The lowest BCUT2D eigenvalue weighted by Gasteiger charge is -2.03. The van der Waals surface area contributed by atoms with Gasteiger partial charge >= 0.3 is 0 Å². The summed E-state index contributed by atoms with van der Waals surface area (Å²) in [4.78, 5) is 6.78. The minimum absolute atomic E-state index is 0.167. The molecule has 2 N–H and O–H groups in total. The Kier molecular flexibility index (Phi) is 3.30. The first-order valence-corrected chi connectivity index (χ1v) is 7.13. The lowest BCUT2D eigenvalue weighted by molar-refractivity contribution is 0.572. The molecule has 0 saturated heterocycles. The van der Waals surface area contributed by atoms with Gasteiger partial charge in [0.05, 0.1) is 6.20 Å². The molecule has 1 aromatic heterocycles. The maximum atomic E-state index is 11.8. The van der Waals surface area contributed by atoms with Crippen molar-refractivity contribution >= 4 is 10.0 Å². The van der Waals surface area contributed by atoms with Gasteiger partial charge in [-0.2, -0.15) is 0 Å². The monoisotopic (exact) mass is 243 g/mol. The average molecular weight is 243 g/mol. The zero-order valence-corrected chi connectivity index (χ0v) is 10.2. The van der Waals surface area contributed by atoms with Crippen molar-refractivity contribution in [3.63, 3.8) is 0 Å². The van der Waals surface area contributed by atoms with E-state index in [1.165, 1.54) is 19.0 Å². The van der Waals surface area contributed by atoms with E-state index in [2.05, 4.69) is 14.7 Å². The van der Waals surface area contributed by atoms with E-state index in [1.807, 2.05) is 6.92 Å². The first-order chi connectivity index (χ1) is 7.62. The summed E-state index contributed by atoms with van der Waals surface area (Å²) >= 11 is 0. The van der Waals surface area contributed by atoms with Crippen LogP contribution < -0.4 is 4.72 Å². The molecule has 0 aliphatic heterocycles. The minimum Gasteiger partial charge on any atom is -0.332 e. The molecule has 1 aliphatic carbocycles. The van der Waals surface area contributed by atoms with Crippen LogP contribution in [0, 0.1) is 5.92 Å². The number of sulfonamides is 1. The van der Waals surface area contributed by atoms with Gasteiger partial charge in [0.2, 0.25) is 0 Å². The number of H-pyrrole nitrogens is 1. The molecule has 0 aromatic carbocycles. The molecular formula is C10H17N3O2S. The molecule has 0 spiro atoms. The van der Waals surface area contributed by atoms with Crippen molar-refractivity contribution in [2.24, 2.45) is 5.92 Å². The van der Waals surface area contributed by atoms with E-state index in [0.717, 1.165) is 12.3 Å². The van der Waals surface area contributed by atoms with Gasteiger partial charge in [-0.3, -0.25) is 0 Å². The van der Waals surface area contributed by atoms with Crippen LogP contribution >= 0.6 is 0 Å². The largest absolute Gasteiger partial charge is 0.332 e. The van der Waals surface area contributed by atoms with E-state index in [4.69, 9.17) is 0 Å². The summed E-state index contributed by atoms with van der Waals surface area (Å²) in [7, 11) is -3.39. The molecule has 1 aromatic rings. The van der Waals surface area contributed by atoms with Gasteiger partial charge in [-0.25, -0.2) is 18.1 Å². The van der Waals surface area contributed by atoms with Gasteiger partial charge in [0, 0.05) is 13.0 Å². The second-order valence-corrected chi connectivity index (χ2v) is 5.91. The summed E-state index contributed by atoms with van der Waals surface area (Å²) in [6.07, 6.45) is 5.50. The van der Waals surface area contributed by atoms with E-state index in [9.17, 15) is 8.42 Å². The molecule has 1 aliphatic rings. The first kappa shape index (κ1) is 11.6. The highest BCUT2D eigenvalue weighted by atomic mass is 32.2. The number of aryl methyl sites for hydroxylation is 1. The maximum absolute atomic E-state index is 11.8. The number of imidazole rings is 1. The number of rotatable bonds is 6. The smallest absolute Gasteiger partial charge is 0.257 e. The summed E-state index contributed by atoms with van der Waals surface area (Å²) in [6.45, 7) is 2.45. The van der Waals surface area contributed by atoms with Crippen LogP contribution in [0.5, 0.6) is 0 Å². The van der Waals surface area contributed by atoms with E-state index in [0.29, 0.717) is 18.8 Å². The van der Waals surface area contributed by atoms with Crippen molar-refractivity contribution in [3.05, 3.63) is 12.0 Å². The number of aromatic amines is 1. The summed E-state index contributed by atoms with van der Waals surface area (Å²) < 4.78 is 26.1. The predicted molar refractivity (Wildman–Crippen MR) is 60.5 cm³/mol. The quantitative estimate of drug-likeness (QED) is 0.784. The first-order valence-electron chi connectivity index (χ1n) is 5.65. The molecule has 1 fully saturated rings. The van der Waals surface area contributed by atoms with Crippen LogP contribution in [-0.2, 0) is 16.4 Å². The highest BCUT2D eigenvalue weighted by Gasteiger charge is 2.22. The van der Waals surface area contributed by atoms with Crippen molar-refractivity contribution in [2.45, 2.75) is 37.6 Å². The van der Waals surface area contributed by atoms with Crippen molar-refractivity contribution in [2.75, 3.05) is 6.54 Å². The summed E-state index contributed by atoms with van der Waals surface area (Å²) in [5.41, 5.74) is 0. The molecule has 5 nitrogen and oxygen atoms in total. The Labute approximate surface area is 95.7 Å². The second-order valence-electron chi connectivity index (χ2n) is 4.18. The van der Waals surface area contributed by atoms with Crippen molar-refractivity contribution in [1.29, 1.82) is 0 Å². The molecular weight excluding hydrogens is 226 g/mol. The summed E-state index contributed by atoms with van der Waals surface area (Å²) in [5, 5.41) is 0.167. The van der Waals surface area contributed by atoms with Crippen molar-refractivity contribution in [1.82, 2.24) is 14.7 Å². The third kappa shape index (κ3) is 2.82. The molecule has 0 radical (unpaired) electrons. The molecule has 0 bridgehead atoms. The standard InChI is InChI=1S/C10H17N3O2S/c1-2-9-11-7-10(13-9)16(14,15)12-6-5-8-3-4-8/h7-8,12H,2-6H2,1H3,(H,11,13). The maximum Gasteiger partial charge on any atom is 0.257 e. The lowest BCUT2D eigenvalue weighted by Crippen LogP contribution is -2.25. The van der Waals surface area contributed by atoms with Crippen LogP contribution in [0.2, 0.25) is 0 Å². The predicted octanol–water partition coefficient (Wildman–Crippen LogP) is 1.05. The molecule has 0 unspecified atom stereocenters. The van der Waals surface area contributed by atoms with Gasteiger partial charge in [-0.1, -0.05) is 19.8 Å². The van der Waals surface area contributed by atoms with Gasteiger partial charge in [-0.15, -0.1) is 0 Å². The minimum atomic E-state index is -3.39. The third-order valence-electron chi connectivity index (χ3n) is 2.77. The zero-order valence-electron chi connectivity index (χ0n) is 9.36. The van der Waals surface area contributed by atoms with Crippen LogP contribution in [0.4, 0.5) is 0 Å². The number of hydrogen-bond donors (Lipinski definition) is 2. The molecule has 90 valence electrons. The topological polar surface area (TPSA) is 74.8 Å². The Morgan fingerprint density at radius 2 is 2.31 bits per heavy atom. The average Bonchev–Trinajstić information content (AvgIpc) is 2.93.